The van der Waals surface area contributed by atoms with Gasteiger partial charge < -0.3 is 24.6 Å². The number of carbonyl (C=O) groups excluding carboxylic acids is 1. The van der Waals surface area contributed by atoms with E-state index >= 15 is 0 Å². The van der Waals surface area contributed by atoms with Crippen LogP contribution >= 0.6 is 0 Å². The molecule has 4 atom stereocenters. The molecule has 2 heterocycles. The van der Waals surface area contributed by atoms with Crippen LogP contribution in [-0.2, 0) is 27.4 Å². The summed E-state index contributed by atoms with van der Waals surface area (Å²) >= 11 is 0. The monoisotopic (exact) mass is 606 g/mol. The second-order valence-electron chi connectivity index (χ2n) is 12.0. The first-order valence-corrected chi connectivity index (χ1v) is 15.9. The predicted molar refractivity (Wildman–Crippen MR) is 174 cm³/mol. The Kier molecular flexibility index (Phi) is 10.4. The van der Waals surface area contributed by atoms with Gasteiger partial charge in [-0.1, -0.05) is 84.9 Å². The van der Waals surface area contributed by atoms with Crippen LogP contribution in [0.3, 0.4) is 0 Å². The fraction of sp³-hybridized carbons (Fsp3) is 0.342. The largest absolute Gasteiger partial charge is 0.392 e. The van der Waals surface area contributed by atoms with Gasteiger partial charge in [-0.3, -0.25) is 9.69 Å². The molecule has 0 aromatic heterocycles. The van der Waals surface area contributed by atoms with Crippen molar-refractivity contribution in [2.75, 3.05) is 26.8 Å². The van der Waals surface area contributed by atoms with Gasteiger partial charge in [-0.25, -0.2) is 0 Å². The number of amides is 1. The van der Waals surface area contributed by atoms with Gasteiger partial charge in [0, 0.05) is 43.8 Å². The summed E-state index contributed by atoms with van der Waals surface area (Å²) in [5, 5.41) is 12.5. The van der Waals surface area contributed by atoms with Crippen LogP contribution in [0.5, 0.6) is 0 Å². The molecule has 234 valence electrons. The summed E-state index contributed by atoms with van der Waals surface area (Å²) in [7, 11) is 1.77. The van der Waals surface area contributed by atoms with E-state index in [1.165, 1.54) is 6.42 Å². The van der Waals surface area contributed by atoms with Gasteiger partial charge in [-0.15, -0.1) is 0 Å². The Hall–Kier alpha value is -3.85. The standard InChI is InChI=1S/C38H42N2O5/c1-43-26-34-11-6-20-40(34)24-35-22-36(30-14-12-27(25-41)13-15-30)45-38(44-35)32-18-16-29(17-19-32)33-10-5-7-28(21-33)23-39-37(42)31-8-3-2-4-9-31/h2-5,7-10,12-19,21,34-36,38,41H,6,11,20,22-26H2,1H3,(H,39,42)/t34-,35-,36+,38+/m0/s1. The minimum atomic E-state index is -0.497. The van der Waals surface area contributed by atoms with Crippen molar-refractivity contribution in [3.63, 3.8) is 0 Å². The Balaban J connectivity index is 1.16. The lowest BCUT2D eigenvalue weighted by Crippen LogP contribution is -2.42. The van der Waals surface area contributed by atoms with Gasteiger partial charge in [0.15, 0.2) is 6.29 Å². The van der Waals surface area contributed by atoms with Gasteiger partial charge in [0.2, 0.25) is 0 Å². The molecule has 6 rings (SSSR count). The van der Waals surface area contributed by atoms with Crippen LogP contribution in [0, 0.1) is 0 Å². The topological polar surface area (TPSA) is 80.3 Å². The van der Waals surface area contributed by atoms with E-state index in [0.29, 0.717) is 18.2 Å². The molecule has 45 heavy (non-hydrogen) atoms. The number of nitrogens with zero attached hydrogens (tertiary/aromatic N) is 1. The molecule has 2 aliphatic rings. The van der Waals surface area contributed by atoms with Crippen LogP contribution in [-0.4, -0.2) is 54.9 Å². The second kappa shape index (κ2) is 15.0. The number of methoxy groups -OCH3 is 1. The van der Waals surface area contributed by atoms with Crippen LogP contribution in [0.2, 0.25) is 0 Å². The zero-order valence-electron chi connectivity index (χ0n) is 25.8. The number of hydrogen-bond donors (Lipinski definition) is 2. The van der Waals surface area contributed by atoms with Crippen molar-refractivity contribution < 1.29 is 24.1 Å². The van der Waals surface area contributed by atoms with Gasteiger partial charge in [0.05, 0.1) is 25.4 Å². The molecule has 7 nitrogen and oxygen atoms in total. The lowest BCUT2D eigenvalue weighted by molar-refractivity contribution is -0.253. The Morgan fingerprint density at radius 1 is 0.889 bits per heavy atom. The lowest BCUT2D eigenvalue weighted by atomic mass is 9.98. The second-order valence-corrected chi connectivity index (χ2v) is 12.0. The molecule has 0 saturated carbocycles. The minimum Gasteiger partial charge on any atom is -0.392 e. The number of hydrogen-bond acceptors (Lipinski definition) is 6. The maximum Gasteiger partial charge on any atom is 0.251 e. The third kappa shape index (κ3) is 7.87. The first kappa shape index (κ1) is 31.1. The maximum absolute atomic E-state index is 12.5. The Bertz CT molecular complexity index is 1530. The number of aliphatic hydroxyl groups excluding tert-OH is 1. The fourth-order valence-corrected chi connectivity index (χ4v) is 6.38. The number of likely N-dealkylation sites (tertiary alicyclic amines) is 1. The third-order valence-electron chi connectivity index (χ3n) is 8.84. The molecule has 0 aliphatic carbocycles. The normalized spacial score (nSPS) is 21.9. The quantitative estimate of drug-likeness (QED) is 0.205. The van der Waals surface area contributed by atoms with Crippen molar-refractivity contribution >= 4 is 5.91 Å². The van der Waals surface area contributed by atoms with Crippen LogP contribution in [0.1, 0.15) is 64.3 Å². The van der Waals surface area contributed by atoms with Crippen molar-refractivity contribution in [1.82, 2.24) is 10.2 Å². The molecule has 2 fully saturated rings. The van der Waals surface area contributed by atoms with E-state index in [1.54, 1.807) is 7.11 Å². The molecule has 4 aromatic carbocycles. The average molecular weight is 607 g/mol. The molecule has 2 N–H and O–H groups in total. The molecular weight excluding hydrogens is 564 g/mol. The summed E-state index contributed by atoms with van der Waals surface area (Å²) in [4.78, 5) is 15.0. The minimum absolute atomic E-state index is 0.00572. The van der Waals surface area contributed by atoms with Gasteiger partial charge >= 0.3 is 0 Å². The Labute approximate surface area is 265 Å². The molecule has 4 aromatic rings. The molecular formula is C38H42N2O5. The van der Waals surface area contributed by atoms with E-state index < -0.39 is 6.29 Å². The maximum atomic E-state index is 12.5. The molecule has 0 radical (unpaired) electrons. The molecule has 7 heteroatoms. The molecule has 1 amide bonds. The van der Waals surface area contributed by atoms with Gasteiger partial charge in [0.25, 0.3) is 5.91 Å². The van der Waals surface area contributed by atoms with Crippen LogP contribution < -0.4 is 5.32 Å². The number of ether oxygens (including phenoxy) is 3. The van der Waals surface area contributed by atoms with E-state index in [1.807, 2.05) is 54.6 Å². The molecule has 0 unspecified atom stereocenters. The van der Waals surface area contributed by atoms with E-state index in [2.05, 4.69) is 58.7 Å². The van der Waals surface area contributed by atoms with Gasteiger partial charge in [0.1, 0.15) is 0 Å². The summed E-state index contributed by atoms with van der Waals surface area (Å²) in [5.41, 5.74) is 6.80. The van der Waals surface area contributed by atoms with Crippen LogP contribution in [0.4, 0.5) is 0 Å². The van der Waals surface area contributed by atoms with Gasteiger partial charge in [-0.05, 0) is 65.4 Å². The van der Waals surface area contributed by atoms with Crippen LogP contribution in [0.15, 0.2) is 103 Å². The summed E-state index contributed by atoms with van der Waals surface area (Å²) < 4.78 is 18.7. The number of nitrogens with one attached hydrogen (secondary N) is 1. The van der Waals surface area contributed by atoms with Crippen molar-refractivity contribution in [1.29, 1.82) is 0 Å². The number of aliphatic hydroxyl groups is 1. The highest BCUT2D eigenvalue weighted by molar-refractivity contribution is 5.94. The van der Waals surface area contributed by atoms with E-state index in [0.717, 1.165) is 65.9 Å². The number of benzene rings is 4. The van der Waals surface area contributed by atoms with Crippen molar-refractivity contribution in [3.8, 4) is 11.1 Å². The summed E-state index contributed by atoms with van der Waals surface area (Å²) in [6, 6.07) is 34.3. The molecule has 0 bridgehead atoms. The zero-order valence-corrected chi connectivity index (χ0v) is 25.8. The lowest BCUT2D eigenvalue weighted by Gasteiger charge is -2.38. The highest BCUT2D eigenvalue weighted by Crippen LogP contribution is 2.39. The van der Waals surface area contributed by atoms with Gasteiger partial charge in [-0.2, -0.15) is 0 Å². The zero-order chi connectivity index (χ0) is 31.0. The predicted octanol–water partition coefficient (Wildman–Crippen LogP) is 6.43. The Morgan fingerprint density at radius 2 is 1.67 bits per heavy atom. The highest BCUT2D eigenvalue weighted by atomic mass is 16.7. The number of rotatable bonds is 11. The number of carbonyl (C=O) groups is 1. The summed E-state index contributed by atoms with van der Waals surface area (Å²) in [5.74, 6) is -0.0854. The van der Waals surface area contributed by atoms with Crippen molar-refractivity contribution in [2.45, 2.75) is 57.0 Å². The van der Waals surface area contributed by atoms with Crippen LogP contribution in [0.25, 0.3) is 11.1 Å². The summed E-state index contributed by atoms with van der Waals surface area (Å²) in [6.07, 6.45) is 2.47. The third-order valence-corrected chi connectivity index (χ3v) is 8.84. The fourth-order valence-electron chi connectivity index (χ4n) is 6.38. The first-order chi connectivity index (χ1) is 22.1. The molecule has 0 spiro atoms. The van der Waals surface area contributed by atoms with E-state index in [-0.39, 0.29) is 24.7 Å². The summed E-state index contributed by atoms with van der Waals surface area (Å²) in [6.45, 7) is 3.10. The van der Waals surface area contributed by atoms with E-state index in [4.69, 9.17) is 14.2 Å². The smallest absolute Gasteiger partial charge is 0.251 e. The SMILES string of the molecule is COC[C@@H]1CCCN1C[C@@H]1C[C@H](c2ccc(CO)cc2)O[C@H](c2ccc(-c3cccc(CNC(=O)c4ccccc4)c3)cc2)O1. The highest BCUT2D eigenvalue weighted by Gasteiger charge is 2.35. The van der Waals surface area contributed by atoms with Crippen molar-refractivity contribution in [3.05, 3.63) is 131 Å². The average Bonchev–Trinajstić information content (AvgIpc) is 3.54. The molecule has 2 saturated heterocycles. The first-order valence-electron chi connectivity index (χ1n) is 15.9. The van der Waals surface area contributed by atoms with Crippen molar-refractivity contribution in [2.24, 2.45) is 0 Å². The Morgan fingerprint density at radius 3 is 2.42 bits per heavy atom. The molecule has 2 aliphatic heterocycles. The van der Waals surface area contributed by atoms with E-state index in [9.17, 15) is 9.90 Å².